The van der Waals surface area contributed by atoms with Gasteiger partial charge < -0.3 is 10.3 Å². The van der Waals surface area contributed by atoms with Gasteiger partial charge in [0.25, 0.3) is 0 Å². The maximum atomic E-state index is 13.6. The first-order chi connectivity index (χ1) is 12.6. The number of halogens is 2. The average molecular weight is 349 g/mol. The third-order valence-corrected chi connectivity index (χ3v) is 4.03. The van der Waals surface area contributed by atoms with E-state index >= 15 is 0 Å². The largest absolute Gasteiger partial charge is 0.353 e. The smallest absolute Gasteiger partial charge is 0.248 e. The Kier molecular flexibility index (Phi) is 3.93. The first-order valence-corrected chi connectivity index (χ1v) is 7.91. The molecule has 2 aromatic heterocycles. The number of hydrogen-bond donors (Lipinski definition) is 2. The maximum Gasteiger partial charge on any atom is 0.248 e. The number of aromatic amines is 1. The van der Waals surface area contributed by atoms with E-state index < -0.39 is 23.2 Å². The molecule has 0 atom stereocenters. The molecule has 2 N–H and O–H groups in total. The van der Waals surface area contributed by atoms with E-state index in [0.29, 0.717) is 5.69 Å². The van der Waals surface area contributed by atoms with Crippen LogP contribution in [0.25, 0.3) is 27.9 Å². The van der Waals surface area contributed by atoms with Crippen molar-refractivity contribution in [1.29, 1.82) is 0 Å². The average Bonchev–Trinajstić information content (AvgIpc) is 3.01. The van der Waals surface area contributed by atoms with E-state index in [1.807, 2.05) is 30.3 Å². The number of amides is 1. The molecule has 128 valence electrons. The first kappa shape index (κ1) is 16.0. The number of H-pyrrole nitrogens is 1. The van der Waals surface area contributed by atoms with Crippen LogP contribution in [0.3, 0.4) is 0 Å². The van der Waals surface area contributed by atoms with Gasteiger partial charge in [-0.05, 0) is 30.3 Å². The highest BCUT2D eigenvalue weighted by atomic mass is 19.1. The Morgan fingerprint density at radius 2 is 1.77 bits per heavy atom. The number of aromatic nitrogens is 2. The summed E-state index contributed by atoms with van der Waals surface area (Å²) in [5.74, 6) is -2.30. The van der Waals surface area contributed by atoms with Crippen LogP contribution in [0.2, 0.25) is 0 Å². The maximum absolute atomic E-state index is 13.6. The molecule has 0 bridgehead atoms. The SMILES string of the molecule is O=C(/C=C/c1cc2c(cn1)[nH]c1ccccc12)Nc1c(F)cccc1F. The van der Waals surface area contributed by atoms with E-state index in [2.05, 4.69) is 15.3 Å². The molecular weight excluding hydrogens is 336 g/mol. The normalized spacial score (nSPS) is 11.5. The number of benzene rings is 2. The third kappa shape index (κ3) is 2.93. The van der Waals surface area contributed by atoms with Crippen molar-refractivity contribution in [2.75, 3.05) is 5.32 Å². The predicted octanol–water partition coefficient (Wildman–Crippen LogP) is 4.65. The van der Waals surface area contributed by atoms with Crippen molar-refractivity contribution in [3.8, 4) is 0 Å². The Morgan fingerprint density at radius 3 is 2.58 bits per heavy atom. The molecule has 26 heavy (non-hydrogen) atoms. The highest BCUT2D eigenvalue weighted by Gasteiger charge is 2.10. The number of para-hydroxylation sites is 2. The molecule has 0 aliphatic heterocycles. The summed E-state index contributed by atoms with van der Waals surface area (Å²) in [6.45, 7) is 0. The monoisotopic (exact) mass is 349 g/mol. The minimum atomic E-state index is -0.829. The number of carbonyl (C=O) groups excluding carboxylic acids is 1. The molecule has 2 aromatic carbocycles. The fraction of sp³-hybridized carbons (Fsp3) is 0. The minimum absolute atomic E-state index is 0.470. The lowest BCUT2D eigenvalue weighted by Crippen LogP contribution is -2.10. The van der Waals surface area contributed by atoms with Gasteiger partial charge in [-0.15, -0.1) is 0 Å². The van der Waals surface area contributed by atoms with Gasteiger partial charge in [-0.1, -0.05) is 24.3 Å². The van der Waals surface area contributed by atoms with Gasteiger partial charge in [0.2, 0.25) is 5.91 Å². The molecule has 4 aromatic rings. The summed E-state index contributed by atoms with van der Waals surface area (Å²) < 4.78 is 27.1. The van der Waals surface area contributed by atoms with E-state index in [0.717, 1.165) is 33.9 Å². The molecule has 0 unspecified atom stereocenters. The van der Waals surface area contributed by atoms with E-state index in [1.54, 1.807) is 6.20 Å². The predicted molar refractivity (Wildman–Crippen MR) is 97.6 cm³/mol. The number of anilines is 1. The summed E-state index contributed by atoms with van der Waals surface area (Å²) in [5, 5.41) is 4.24. The van der Waals surface area contributed by atoms with Crippen LogP contribution in [-0.2, 0) is 4.79 Å². The summed E-state index contributed by atoms with van der Waals surface area (Å²) >= 11 is 0. The van der Waals surface area contributed by atoms with Gasteiger partial charge in [0.1, 0.15) is 17.3 Å². The zero-order chi connectivity index (χ0) is 18.1. The van der Waals surface area contributed by atoms with E-state index in [-0.39, 0.29) is 0 Å². The van der Waals surface area contributed by atoms with Crippen molar-refractivity contribution in [3.63, 3.8) is 0 Å². The van der Waals surface area contributed by atoms with Gasteiger partial charge in [0.05, 0.1) is 17.4 Å². The second-order valence-electron chi connectivity index (χ2n) is 5.74. The van der Waals surface area contributed by atoms with Crippen molar-refractivity contribution >= 4 is 39.5 Å². The Morgan fingerprint density at radius 1 is 1.00 bits per heavy atom. The van der Waals surface area contributed by atoms with Crippen molar-refractivity contribution < 1.29 is 13.6 Å². The van der Waals surface area contributed by atoms with Crippen LogP contribution < -0.4 is 5.32 Å². The first-order valence-electron chi connectivity index (χ1n) is 7.91. The van der Waals surface area contributed by atoms with Crippen LogP contribution in [0.5, 0.6) is 0 Å². The highest BCUT2D eigenvalue weighted by molar-refractivity contribution is 6.07. The molecule has 0 saturated carbocycles. The zero-order valence-electron chi connectivity index (χ0n) is 13.5. The fourth-order valence-corrected chi connectivity index (χ4v) is 2.80. The van der Waals surface area contributed by atoms with E-state index in [9.17, 15) is 13.6 Å². The number of nitrogens with one attached hydrogen (secondary N) is 2. The topological polar surface area (TPSA) is 57.8 Å². The van der Waals surface area contributed by atoms with E-state index in [1.165, 1.54) is 18.2 Å². The second-order valence-corrected chi connectivity index (χ2v) is 5.74. The number of fused-ring (bicyclic) bond motifs is 3. The second kappa shape index (κ2) is 6.40. The molecular formula is C20H13F2N3O. The van der Waals surface area contributed by atoms with Crippen LogP contribution in [0.4, 0.5) is 14.5 Å². The van der Waals surface area contributed by atoms with Crippen molar-refractivity contribution in [2.45, 2.75) is 0 Å². The molecule has 0 aliphatic carbocycles. The fourth-order valence-electron chi connectivity index (χ4n) is 2.80. The number of nitrogens with zero attached hydrogens (tertiary/aromatic N) is 1. The summed E-state index contributed by atoms with van der Waals surface area (Å²) in [5.41, 5.74) is 1.98. The minimum Gasteiger partial charge on any atom is -0.353 e. The molecule has 0 fully saturated rings. The molecule has 0 saturated heterocycles. The highest BCUT2D eigenvalue weighted by Crippen LogP contribution is 2.25. The lowest BCUT2D eigenvalue weighted by molar-refractivity contribution is -0.111. The van der Waals surface area contributed by atoms with E-state index in [4.69, 9.17) is 0 Å². The molecule has 6 heteroatoms. The molecule has 4 nitrogen and oxygen atoms in total. The molecule has 0 aliphatic rings. The van der Waals surface area contributed by atoms with Crippen LogP contribution in [-0.4, -0.2) is 15.9 Å². The summed E-state index contributed by atoms with van der Waals surface area (Å²) in [6.07, 6.45) is 4.37. The Hall–Kier alpha value is -3.54. The molecule has 0 spiro atoms. The van der Waals surface area contributed by atoms with Crippen LogP contribution in [0, 0.1) is 11.6 Å². The number of rotatable bonds is 3. The zero-order valence-corrected chi connectivity index (χ0v) is 13.5. The number of carbonyl (C=O) groups is 1. The van der Waals surface area contributed by atoms with Gasteiger partial charge >= 0.3 is 0 Å². The summed E-state index contributed by atoms with van der Waals surface area (Å²) in [4.78, 5) is 19.5. The number of hydrogen-bond acceptors (Lipinski definition) is 2. The summed E-state index contributed by atoms with van der Waals surface area (Å²) in [6, 6.07) is 13.1. The quantitative estimate of drug-likeness (QED) is 0.529. The molecule has 1 amide bonds. The molecule has 0 radical (unpaired) electrons. The Bertz CT molecular complexity index is 1140. The van der Waals surface area contributed by atoms with Crippen molar-refractivity contribution in [3.05, 3.63) is 78.1 Å². The van der Waals surface area contributed by atoms with Crippen molar-refractivity contribution in [1.82, 2.24) is 9.97 Å². The van der Waals surface area contributed by atoms with Gasteiger partial charge in [-0.25, -0.2) is 8.78 Å². The molecule has 2 heterocycles. The van der Waals surface area contributed by atoms with Gasteiger partial charge in [0, 0.05) is 22.4 Å². The van der Waals surface area contributed by atoms with Crippen molar-refractivity contribution in [2.24, 2.45) is 0 Å². The van der Waals surface area contributed by atoms with Gasteiger partial charge in [0.15, 0.2) is 0 Å². The third-order valence-electron chi connectivity index (χ3n) is 4.03. The van der Waals surface area contributed by atoms with Crippen LogP contribution in [0.1, 0.15) is 5.69 Å². The number of pyridine rings is 1. The van der Waals surface area contributed by atoms with Gasteiger partial charge in [-0.3, -0.25) is 9.78 Å². The Balaban J connectivity index is 1.60. The summed E-state index contributed by atoms with van der Waals surface area (Å²) in [7, 11) is 0. The van der Waals surface area contributed by atoms with Crippen LogP contribution >= 0.6 is 0 Å². The van der Waals surface area contributed by atoms with Gasteiger partial charge in [-0.2, -0.15) is 0 Å². The lowest BCUT2D eigenvalue weighted by atomic mass is 10.1. The Labute approximate surface area is 147 Å². The standard InChI is InChI=1S/C20H13F2N3O/c21-15-5-3-6-16(22)20(15)25-19(26)9-8-12-10-14-13-4-1-2-7-17(13)24-18(14)11-23-12/h1-11,24H,(H,25,26)/b9-8+. The lowest BCUT2D eigenvalue weighted by Gasteiger charge is -2.04. The van der Waals surface area contributed by atoms with Crippen LogP contribution in [0.15, 0.2) is 60.8 Å². The molecule has 4 rings (SSSR count).